The fourth-order valence-corrected chi connectivity index (χ4v) is 4.28. The average molecular weight is 307 g/mol. The Morgan fingerprint density at radius 3 is 2.90 bits per heavy atom. The number of hydrogen-bond acceptors (Lipinski definition) is 5. The van der Waals surface area contributed by atoms with Crippen LogP contribution in [0.3, 0.4) is 0 Å². The summed E-state index contributed by atoms with van der Waals surface area (Å²) in [6.07, 6.45) is 3.64. The third kappa shape index (κ3) is 3.05. The van der Waals surface area contributed by atoms with Crippen molar-refractivity contribution in [2.24, 2.45) is 0 Å². The molecule has 1 aliphatic carbocycles. The molecular weight excluding hydrogens is 286 g/mol. The summed E-state index contributed by atoms with van der Waals surface area (Å²) in [5, 5.41) is 8.87. The van der Waals surface area contributed by atoms with Gasteiger partial charge in [-0.15, -0.1) is 11.3 Å². The lowest BCUT2D eigenvalue weighted by atomic mass is 10.3. The van der Waals surface area contributed by atoms with E-state index in [9.17, 15) is 0 Å². The van der Waals surface area contributed by atoms with Crippen molar-refractivity contribution in [3.05, 3.63) is 33.0 Å². The zero-order chi connectivity index (χ0) is 13.9. The maximum atomic E-state index is 4.90. The molecule has 3 nitrogen and oxygen atoms in total. The maximum Gasteiger partial charge on any atom is 0.186 e. The Morgan fingerprint density at radius 1 is 1.45 bits per heavy atom. The van der Waals surface area contributed by atoms with Crippen LogP contribution in [0.15, 0.2) is 16.8 Å². The first kappa shape index (κ1) is 14.0. The summed E-state index contributed by atoms with van der Waals surface area (Å²) >= 11 is 3.64. The summed E-state index contributed by atoms with van der Waals surface area (Å²) in [4.78, 5) is 8.79. The van der Waals surface area contributed by atoms with Crippen molar-refractivity contribution < 1.29 is 0 Å². The van der Waals surface area contributed by atoms with Crippen molar-refractivity contribution in [1.82, 2.24) is 10.3 Å². The lowest BCUT2D eigenvalue weighted by Gasteiger charge is -2.20. The number of rotatable bonds is 7. The second kappa shape index (κ2) is 6.24. The molecule has 2 heterocycles. The first-order valence-electron chi connectivity index (χ1n) is 7.22. The van der Waals surface area contributed by atoms with Gasteiger partial charge >= 0.3 is 0 Å². The van der Waals surface area contributed by atoms with Gasteiger partial charge in [0.05, 0.1) is 5.69 Å². The van der Waals surface area contributed by atoms with Crippen LogP contribution in [0.2, 0.25) is 0 Å². The average Bonchev–Trinajstić information content (AvgIpc) is 3.00. The zero-order valence-electron chi connectivity index (χ0n) is 12.1. The van der Waals surface area contributed by atoms with Gasteiger partial charge in [-0.1, -0.05) is 6.92 Å². The third-order valence-corrected chi connectivity index (χ3v) is 5.47. The van der Waals surface area contributed by atoms with Gasteiger partial charge < -0.3 is 10.2 Å². The monoisotopic (exact) mass is 307 g/mol. The number of thiophene rings is 1. The van der Waals surface area contributed by atoms with Crippen molar-refractivity contribution in [1.29, 1.82) is 0 Å². The lowest BCUT2D eigenvalue weighted by molar-refractivity contribution is 0.785. The van der Waals surface area contributed by atoms with E-state index in [1.165, 1.54) is 34.1 Å². The van der Waals surface area contributed by atoms with E-state index in [-0.39, 0.29) is 0 Å². The summed E-state index contributed by atoms with van der Waals surface area (Å²) in [6.45, 7) is 4.12. The Balaban J connectivity index is 1.83. The number of thiazole rings is 1. The van der Waals surface area contributed by atoms with Crippen molar-refractivity contribution in [2.75, 3.05) is 11.9 Å². The molecule has 1 N–H and O–H groups in total. The maximum absolute atomic E-state index is 4.90. The Bertz CT molecular complexity index is 543. The highest BCUT2D eigenvalue weighted by molar-refractivity contribution is 7.15. The highest BCUT2D eigenvalue weighted by Crippen LogP contribution is 2.37. The van der Waals surface area contributed by atoms with Crippen LogP contribution in [0.4, 0.5) is 5.13 Å². The third-order valence-electron chi connectivity index (χ3n) is 3.61. The predicted octanol–water partition coefficient (Wildman–Crippen LogP) is 3.66. The molecule has 0 aliphatic heterocycles. The van der Waals surface area contributed by atoms with E-state index in [2.05, 4.69) is 34.0 Å². The van der Waals surface area contributed by atoms with Gasteiger partial charge in [0.1, 0.15) is 0 Å². The van der Waals surface area contributed by atoms with Gasteiger partial charge in [0.25, 0.3) is 0 Å². The highest BCUT2D eigenvalue weighted by Gasteiger charge is 2.31. The van der Waals surface area contributed by atoms with Gasteiger partial charge in [0.15, 0.2) is 5.13 Å². The standard InChI is InChI=1S/C15H21N3S2/c1-3-13-14(8-16-2)20-15(17-13)18(12-4-5-12)9-11-6-7-19-10-11/h6-7,10,12,16H,3-5,8-9H2,1-2H3. The number of nitrogens with zero attached hydrogens (tertiary/aromatic N) is 2. The quantitative estimate of drug-likeness (QED) is 0.846. The number of hydrogen-bond donors (Lipinski definition) is 1. The van der Waals surface area contributed by atoms with Crippen LogP contribution in [-0.4, -0.2) is 18.1 Å². The summed E-state index contributed by atoms with van der Waals surface area (Å²) < 4.78 is 0. The minimum atomic E-state index is 0.702. The van der Waals surface area contributed by atoms with E-state index < -0.39 is 0 Å². The molecule has 3 rings (SSSR count). The van der Waals surface area contributed by atoms with Crippen LogP contribution in [0.5, 0.6) is 0 Å². The van der Waals surface area contributed by atoms with Gasteiger partial charge in [-0.25, -0.2) is 4.98 Å². The highest BCUT2D eigenvalue weighted by atomic mass is 32.1. The topological polar surface area (TPSA) is 28.2 Å². The van der Waals surface area contributed by atoms with E-state index in [0.29, 0.717) is 6.04 Å². The summed E-state index contributed by atoms with van der Waals surface area (Å²) in [6, 6.07) is 2.93. The summed E-state index contributed by atoms with van der Waals surface area (Å²) in [5.41, 5.74) is 2.67. The molecule has 1 saturated carbocycles. The molecule has 2 aromatic rings. The molecule has 5 heteroatoms. The van der Waals surface area contributed by atoms with Crippen molar-refractivity contribution in [3.63, 3.8) is 0 Å². The van der Waals surface area contributed by atoms with Crippen LogP contribution in [0.25, 0.3) is 0 Å². The van der Waals surface area contributed by atoms with Crippen LogP contribution in [0.1, 0.15) is 35.9 Å². The van der Waals surface area contributed by atoms with Crippen LogP contribution in [-0.2, 0) is 19.5 Å². The number of nitrogens with one attached hydrogen (secondary N) is 1. The molecule has 1 aliphatic rings. The molecule has 0 aromatic carbocycles. The molecule has 0 saturated heterocycles. The SMILES string of the molecule is CCc1nc(N(Cc2ccsc2)C2CC2)sc1CNC. The molecule has 2 aromatic heterocycles. The van der Waals surface area contributed by atoms with E-state index >= 15 is 0 Å². The van der Waals surface area contributed by atoms with Crippen molar-refractivity contribution in [2.45, 2.75) is 45.3 Å². The van der Waals surface area contributed by atoms with Crippen LogP contribution >= 0.6 is 22.7 Å². The van der Waals surface area contributed by atoms with E-state index in [1.807, 2.05) is 18.4 Å². The van der Waals surface area contributed by atoms with Gasteiger partial charge in [-0.05, 0) is 48.7 Å². The molecule has 20 heavy (non-hydrogen) atoms. The lowest BCUT2D eigenvalue weighted by Crippen LogP contribution is -2.24. The Hall–Kier alpha value is -0.910. The first-order valence-corrected chi connectivity index (χ1v) is 8.98. The van der Waals surface area contributed by atoms with Gasteiger partial charge in [0.2, 0.25) is 0 Å². The molecule has 0 radical (unpaired) electrons. The minimum absolute atomic E-state index is 0.702. The molecule has 0 atom stereocenters. The minimum Gasteiger partial charge on any atom is -0.341 e. The first-order chi connectivity index (χ1) is 9.81. The Morgan fingerprint density at radius 2 is 2.30 bits per heavy atom. The number of anilines is 1. The molecule has 108 valence electrons. The smallest absolute Gasteiger partial charge is 0.186 e. The fraction of sp³-hybridized carbons (Fsp3) is 0.533. The normalized spacial score (nSPS) is 14.7. The number of aromatic nitrogens is 1. The zero-order valence-corrected chi connectivity index (χ0v) is 13.7. The van der Waals surface area contributed by atoms with Crippen LogP contribution < -0.4 is 10.2 Å². The van der Waals surface area contributed by atoms with E-state index in [4.69, 9.17) is 4.98 Å². The Kier molecular flexibility index (Phi) is 4.38. The summed E-state index contributed by atoms with van der Waals surface area (Å²) in [7, 11) is 2.00. The molecular formula is C15H21N3S2. The number of aryl methyl sites for hydroxylation is 1. The van der Waals surface area contributed by atoms with Crippen molar-refractivity contribution in [3.8, 4) is 0 Å². The Labute approximate surface area is 128 Å². The molecule has 0 amide bonds. The van der Waals surface area contributed by atoms with E-state index in [0.717, 1.165) is 19.5 Å². The fourth-order valence-electron chi connectivity index (χ4n) is 2.39. The van der Waals surface area contributed by atoms with E-state index in [1.54, 1.807) is 11.3 Å². The molecule has 0 unspecified atom stereocenters. The van der Waals surface area contributed by atoms with Crippen molar-refractivity contribution >= 4 is 27.8 Å². The second-order valence-corrected chi connectivity index (χ2v) is 7.08. The van der Waals surface area contributed by atoms with Gasteiger partial charge in [-0.2, -0.15) is 11.3 Å². The summed E-state index contributed by atoms with van der Waals surface area (Å²) in [5.74, 6) is 0. The van der Waals surface area contributed by atoms with Gasteiger partial charge in [-0.3, -0.25) is 0 Å². The molecule has 0 bridgehead atoms. The molecule has 0 spiro atoms. The van der Waals surface area contributed by atoms with Gasteiger partial charge in [0, 0.05) is 24.0 Å². The molecule has 1 fully saturated rings. The predicted molar refractivity (Wildman–Crippen MR) is 87.8 cm³/mol. The largest absolute Gasteiger partial charge is 0.341 e. The van der Waals surface area contributed by atoms with Crippen LogP contribution in [0, 0.1) is 0 Å². The second-order valence-electron chi connectivity index (χ2n) is 5.24.